The summed E-state index contributed by atoms with van der Waals surface area (Å²) in [7, 11) is 2.17. The van der Waals surface area contributed by atoms with E-state index in [0.29, 0.717) is 17.5 Å². The molecule has 0 saturated carbocycles. The number of H-pyrrole nitrogens is 1. The maximum Gasteiger partial charge on any atom is 0.249 e. The van der Waals surface area contributed by atoms with Gasteiger partial charge in [-0.1, -0.05) is 33.1 Å². The third kappa shape index (κ3) is 5.53. The second-order valence-corrected chi connectivity index (χ2v) is 9.30. The van der Waals surface area contributed by atoms with Gasteiger partial charge in [0.2, 0.25) is 11.5 Å². The molecular formula is C26H36N6O. The highest BCUT2D eigenvalue weighted by atomic mass is 16.1. The van der Waals surface area contributed by atoms with Crippen LogP contribution in [0.1, 0.15) is 56.7 Å². The minimum absolute atomic E-state index is 0.111. The van der Waals surface area contributed by atoms with Crippen molar-refractivity contribution < 1.29 is 0 Å². The highest BCUT2D eigenvalue weighted by Crippen LogP contribution is 2.29. The second-order valence-electron chi connectivity index (χ2n) is 9.30. The van der Waals surface area contributed by atoms with Crippen LogP contribution in [0.3, 0.4) is 0 Å². The molecule has 2 aromatic heterocycles. The third-order valence-electron chi connectivity index (χ3n) is 6.67. The van der Waals surface area contributed by atoms with Crippen LogP contribution in [-0.2, 0) is 0 Å². The highest BCUT2D eigenvalue weighted by Gasteiger charge is 2.17. The van der Waals surface area contributed by atoms with Crippen LogP contribution in [0.25, 0.3) is 11.0 Å². The summed E-state index contributed by atoms with van der Waals surface area (Å²) in [5, 5.41) is 4.28. The number of fused-ring (bicyclic) bond motifs is 1. The molecule has 0 aliphatic carbocycles. The Balaban J connectivity index is 1.55. The largest absolute Gasteiger partial charge is 0.369 e. The number of nitrogens with zero attached hydrogens (tertiary/aromatic N) is 4. The lowest BCUT2D eigenvalue weighted by atomic mass is 9.92. The lowest BCUT2D eigenvalue weighted by molar-refractivity contribution is 0.313. The summed E-state index contributed by atoms with van der Waals surface area (Å²) in [5.74, 6) is 0.795. The number of benzene rings is 1. The topological polar surface area (TPSA) is 77.2 Å². The van der Waals surface area contributed by atoms with Gasteiger partial charge in [0.15, 0.2) is 0 Å². The number of pyridine rings is 1. The van der Waals surface area contributed by atoms with Crippen molar-refractivity contribution in [2.75, 3.05) is 43.4 Å². The van der Waals surface area contributed by atoms with Gasteiger partial charge in [0.25, 0.3) is 0 Å². The molecule has 1 aliphatic rings. The van der Waals surface area contributed by atoms with E-state index in [-0.39, 0.29) is 5.56 Å². The number of unbranched alkanes of at least 4 members (excludes halogenated alkanes) is 2. The molecule has 33 heavy (non-hydrogen) atoms. The van der Waals surface area contributed by atoms with Gasteiger partial charge < -0.3 is 20.1 Å². The van der Waals surface area contributed by atoms with E-state index in [0.717, 1.165) is 61.4 Å². The Hall–Kier alpha value is -2.93. The Morgan fingerprint density at radius 2 is 1.82 bits per heavy atom. The minimum Gasteiger partial charge on any atom is -0.369 e. The van der Waals surface area contributed by atoms with Crippen LogP contribution in [0.2, 0.25) is 0 Å². The number of aryl methyl sites for hydroxylation is 1. The Kier molecular flexibility index (Phi) is 7.28. The maximum absolute atomic E-state index is 12.4. The molecule has 3 aromatic rings. The van der Waals surface area contributed by atoms with Gasteiger partial charge in [-0.3, -0.25) is 4.79 Å². The Morgan fingerprint density at radius 3 is 2.52 bits per heavy atom. The van der Waals surface area contributed by atoms with Crippen LogP contribution in [0, 0.1) is 6.92 Å². The first-order valence-electron chi connectivity index (χ1n) is 12.2. The monoisotopic (exact) mass is 448 g/mol. The third-order valence-corrected chi connectivity index (χ3v) is 6.67. The quantitative estimate of drug-likeness (QED) is 0.482. The van der Waals surface area contributed by atoms with Gasteiger partial charge in [-0.05, 0) is 56.1 Å². The molecule has 4 rings (SSSR count). The van der Waals surface area contributed by atoms with Crippen molar-refractivity contribution >= 4 is 28.4 Å². The maximum atomic E-state index is 12.4. The summed E-state index contributed by atoms with van der Waals surface area (Å²) in [6.07, 6.45) is 4.63. The van der Waals surface area contributed by atoms with E-state index >= 15 is 0 Å². The summed E-state index contributed by atoms with van der Waals surface area (Å²) in [6, 6.07) is 10.1. The van der Waals surface area contributed by atoms with Gasteiger partial charge in [-0.25, -0.2) is 4.98 Å². The van der Waals surface area contributed by atoms with Crippen molar-refractivity contribution in [1.29, 1.82) is 0 Å². The number of likely N-dealkylation sites (N-methyl/N-ethyl adjacent to an activating group) is 1. The average Bonchev–Trinajstić information content (AvgIpc) is 2.79. The number of anilines is 3. The summed E-state index contributed by atoms with van der Waals surface area (Å²) >= 11 is 0. The van der Waals surface area contributed by atoms with E-state index in [1.807, 2.05) is 6.92 Å². The molecule has 1 aliphatic heterocycles. The molecule has 1 fully saturated rings. The number of nitrogens with one attached hydrogen (secondary N) is 2. The zero-order valence-electron chi connectivity index (χ0n) is 20.3. The van der Waals surface area contributed by atoms with Crippen molar-refractivity contribution in [2.45, 2.75) is 52.4 Å². The zero-order valence-corrected chi connectivity index (χ0v) is 20.3. The highest BCUT2D eigenvalue weighted by molar-refractivity contribution is 5.83. The first-order chi connectivity index (χ1) is 15.9. The molecule has 7 heteroatoms. The molecule has 0 spiro atoms. The van der Waals surface area contributed by atoms with Crippen molar-refractivity contribution in [3.05, 3.63) is 51.9 Å². The predicted octanol–water partition coefficient (Wildman–Crippen LogP) is 4.81. The fourth-order valence-electron chi connectivity index (χ4n) is 4.63. The molecule has 1 unspecified atom stereocenters. The normalized spacial score (nSPS) is 15.7. The van der Waals surface area contributed by atoms with Crippen LogP contribution in [0.15, 0.2) is 35.1 Å². The van der Waals surface area contributed by atoms with Crippen molar-refractivity contribution in [3.63, 3.8) is 0 Å². The number of piperazine rings is 1. The van der Waals surface area contributed by atoms with Crippen molar-refractivity contribution in [3.8, 4) is 0 Å². The Bertz CT molecular complexity index is 1130. The Morgan fingerprint density at radius 1 is 1.09 bits per heavy atom. The lowest BCUT2D eigenvalue weighted by Gasteiger charge is -2.34. The van der Waals surface area contributed by atoms with Gasteiger partial charge in [-0.2, -0.15) is 4.98 Å². The molecule has 7 nitrogen and oxygen atoms in total. The van der Waals surface area contributed by atoms with E-state index in [2.05, 4.69) is 70.2 Å². The van der Waals surface area contributed by atoms with Crippen LogP contribution >= 0.6 is 0 Å². The van der Waals surface area contributed by atoms with Gasteiger partial charge >= 0.3 is 0 Å². The molecular weight excluding hydrogens is 412 g/mol. The first-order valence-corrected chi connectivity index (χ1v) is 12.2. The number of aromatic amines is 1. The fraction of sp³-hybridized carbons (Fsp3) is 0.500. The molecule has 0 amide bonds. The molecule has 1 saturated heterocycles. The van der Waals surface area contributed by atoms with Crippen molar-refractivity contribution in [2.24, 2.45) is 0 Å². The zero-order chi connectivity index (χ0) is 23.4. The molecule has 176 valence electrons. The molecule has 0 bridgehead atoms. The van der Waals surface area contributed by atoms with Gasteiger partial charge in [0, 0.05) is 49.0 Å². The Labute approximate surface area is 196 Å². The first kappa shape index (κ1) is 23.2. The van der Waals surface area contributed by atoms with Gasteiger partial charge in [-0.15, -0.1) is 0 Å². The fourth-order valence-corrected chi connectivity index (χ4v) is 4.63. The SMILES string of the molecule is CCCCCC(C)c1cc(=O)[nH]c2nc(Nc3ccc(N4CCN(C)CC4)cc3)nc(C)c12. The molecule has 0 radical (unpaired) electrons. The van der Waals surface area contributed by atoms with E-state index < -0.39 is 0 Å². The molecule has 1 aromatic carbocycles. The molecule has 2 N–H and O–H groups in total. The molecule has 3 heterocycles. The van der Waals surface area contributed by atoms with Crippen molar-refractivity contribution in [1.82, 2.24) is 19.9 Å². The van der Waals surface area contributed by atoms with Crippen LogP contribution in [-0.4, -0.2) is 53.1 Å². The van der Waals surface area contributed by atoms with E-state index in [1.165, 1.54) is 18.5 Å². The van der Waals surface area contributed by atoms with E-state index in [1.54, 1.807) is 6.07 Å². The standard InChI is InChI=1S/C26H36N6O/c1-5-6-7-8-18(2)22-17-23(33)29-25-24(22)19(3)27-26(30-25)28-20-9-11-21(12-10-20)32-15-13-31(4)14-16-32/h9-12,17-18H,5-8,13-16H2,1-4H3,(H2,27,28,29,30,33). The van der Waals surface area contributed by atoms with Crippen LogP contribution in [0.5, 0.6) is 0 Å². The summed E-state index contributed by atoms with van der Waals surface area (Å²) in [6.45, 7) is 10.7. The van der Waals surface area contributed by atoms with Gasteiger partial charge in [0.1, 0.15) is 5.65 Å². The number of aromatic nitrogens is 3. The van der Waals surface area contributed by atoms with E-state index in [4.69, 9.17) is 4.98 Å². The summed E-state index contributed by atoms with van der Waals surface area (Å²) < 4.78 is 0. The lowest BCUT2D eigenvalue weighted by Crippen LogP contribution is -2.44. The second kappa shape index (κ2) is 10.3. The summed E-state index contributed by atoms with van der Waals surface area (Å²) in [5.41, 5.74) is 4.58. The van der Waals surface area contributed by atoms with E-state index in [9.17, 15) is 4.79 Å². The smallest absolute Gasteiger partial charge is 0.249 e. The minimum atomic E-state index is -0.111. The van der Waals surface area contributed by atoms with Crippen LogP contribution < -0.4 is 15.8 Å². The molecule has 1 atom stereocenters. The van der Waals surface area contributed by atoms with Gasteiger partial charge in [0.05, 0.1) is 5.69 Å². The number of hydrogen-bond acceptors (Lipinski definition) is 6. The number of hydrogen-bond donors (Lipinski definition) is 2. The predicted molar refractivity (Wildman–Crippen MR) is 137 cm³/mol. The summed E-state index contributed by atoms with van der Waals surface area (Å²) in [4.78, 5) is 29.5. The average molecular weight is 449 g/mol. The number of rotatable bonds is 8. The van der Waals surface area contributed by atoms with Crippen LogP contribution in [0.4, 0.5) is 17.3 Å².